The fourth-order valence-electron chi connectivity index (χ4n) is 2.62. The Balaban J connectivity index is 0.00000625. The molecule has 5 nitrogen and oxygen atoms in total. The predicted octanol–water partition coefficient (Wildman–Crippen LogP) is 1.67. The van der Waals surface area contributed by atoms with Crippen LogP contribution in [-0.4, -0.2) is 25.5 Å². The van der Waals surface area contributed by atoms with Gasteiger partial charge in [-0.3, -0.25) is 0 Å². The van der Waals surface area contributed by atoms with Gasteiger partial charge in [0.1, 0.15) is 10.1 Å². The molecular formula is C19H29NaO5S. The standard InChI is InChI=1S/C19H30O5S.Na/c1-2-3-4-5-6-7-8-9-10-11-15-24-19(20)17-13-12-14-18(16-17)25(21,22)23;/h12-14,16H,2-11,15H2,1H3,(H,21,22,23);/q;+1/p-1. The summed E-state index contributed by atoms with van der Waals surface area (Å²) in [6.45, 7) is 2.53. The maximum absolute atomic E-state index is 11.9. The fourth-order valence-corrected chi connectivity index (χ4v) is 3.13. The van der Waals surface area contributed by atoms with E-state index in [1.165, 1.54) is 63.1 Å². The number of rotatable bonds is 13. The van der Waals surface area contributed by atoms with Crippen molar-refractivity contribution in [1.82, 2.24) is 0 Å². The van der Waals surface area contributed by atoms with E-state index in [9.17, 15) is 17.8 Å². The maximum Gasteiger partial charge on any atom is 1.00 e. The summed E-state index contributed by atoms with van der Waals surface area (Å²) in [6.07, 6.45) is 12.0. The number of benzene rings is 1. The van der Waals surface area contributed by atoms with Crippen molar-refractivity contribution in [3.63, 3.8) is 0 Å². The molecule has 0 unspecified atom stereocenters. The Hall–Kier alpha value is -0.400. The van der Waals surface area contributed by atoms with Crippen molar-refractivity contribution in [1.29, 1.82) is 0 Å². The van der Waals surface area contributed by atoms with Crippen LogP contribution in [0, 0.1) is 0 Å². The van der Waals surface area contributed by atoms with E-state index in [4.69, 9.17) is 4.74 Å². The van der Waals surface area contributed by atoms with Crippen LogP contribution in [0.5, 0.6) is 0 Å². The molecule has 0 aliphatic rings. The third-order valence-corrected chi connectivity index (χ3v) is 4.92. The molecule has 1 aromatic rings. The van der Waals surface area contributed by atoms with Crippen LogP contribution in [-0.2, 0) is 14.9 Å². The van der Waals surface area contributed by atoms with Crippen LogP contribution in [0.1, 0.15) is 81.5 Å². The summed E-state index contributed by atoms with van der Waals surface area (Å²) >= 11 is 0. The number of carbonyl (C=O) groups is 1. The number of ether oxygens (including phenoxy) is 1. The minimum Gasteiger partial charge on any atom is -0.744 e. The topological polar surface area (TPSA) is 83.5 Å². The van der Waals surface area contributed by atoms with Crippen molar-refractivity contribution >= 4 is 16.1 Å². The summed E-state index contributed by atoms with van der Waals surface area (Å²) in [5.41, 5.74) is 0.0870. The second-order valence-corrected chi connectivity index (χ2v) is 7.68. The van der Waals surface area contributed by atoms with Gasteiger partial charge in [-0.05, 0) is 24.6 Å². The van der Waals surface area contributed by atoms with Crippen molar-refractivity contribution in [2.24, 2.45) is 0 Å². The van der Waals surface area contributed by atoms with Gasteiger partial charge in [0.15, 0.2) is 0 Å². The van der Waals surface area contributed by atoms with Gasteiger partial charge in [-0.25, -0.2) is 13.2 Å². The first-order valence-corrected chi connectivity index (χ1v) is 10.6. The van der Waals surface area contributed by atoms with Crippen LogP contribution in [0.25, 0.3) is 0 Å². The first-order chi connectivity index (χ1) is 11.9. The van der Waals surface area contributed by atoms with Crippen LogP contribution in [0.15, 0.2) is 29.2 Å². The summed E-state index contributed by atoms with van der Waals surface area (Å²) in [5.74, 6) is -0.596. The summed E-state index contributed by atoms with van der Waals surface area (Å²) in [7, 11) is -4.56. The molecular weight excluding hydrogens is 363 g/mol. The molecule has 0 atom stereocenters. The minimum atomic E-state index is -4.56. The Morgan fingerprint density at radius 2 is 1.50 bits per heavy atom. The van der Waals surface area contributed by atoms with Gasteiger partial charge < -0.3 is 9.29 Å². The van der Waals surface area contributed by atoms with Gasteiger partial charge in [-0.15, -0.1) is 0 Å². The molecule has 0 bridgehead atoms. The molecule has 0 spiro atoms. The van der Waals surface area contributed by atoms with E-state index in [0.29, 0.717) is 6.61 Å². The maximum atomic E-state index is 11.9. The van der Waals surface area contributed by atoms with Gasteiger partial charge in [0, 0.05) is 0 Å². The molecule has 0 fully saturated rings. The minimum absolute atomic E-state index is 0. The summed E-state index contributed by atoms with van der Waals surface area (Å²) < 4.78 is 38.0. The van der Waals surface area contributed by atoms with Crippen molar-refractivity contribution in [3.05, 3.63) is 29.8 Å². The smallest absolute Gasteiger partial charge is 0.744 e. The first-order valence-electron chi connectivity index (χ1n) is 9.18. The van der Waals surface area contributed by atoms with Crippen molar-refractivity contribution < 1.29 is 52.1 Å². The molecule has 0 aromatic heterocycles. The number of hydrogen-bond acceptors (Lipinski definition) is 5. The van der Waals surface area contributed by atoms with Gasteiger partial charge in [0.2, 0.25) is 0 Å². The second-order valence-electron chi connectivity index (χ2n) is 6.30. The molecule has 0 N–H and O–H groups in total. The number of carbonyl (C=O) groups excluding carboxylic acids is 1. The van der Waals surface area contributed by atoms with Gasteiger partial charge in [-0.2, -0.15) is 0 Å². The molecule has 0 saturated heterocycles. The Morgan fingerprint density at radius 3 is 2.04 bits per heavy atom. The predicted molar refractivity (Wildman–Crippen MR) is 96.5 cm³/mol. The zero-order chi connectivity index (χ0) is 18.5. The summed E-state index contributed by atoms with van der Waals surface area (Å²) in [6, 6.07) is 5.03. The number of hydrogen-bond donors (Lipinski definition) is 0. The molecule has 0 heterocycles. The molecule has 1 aromatic carbocycles. The van der Waals surface area contributed by atoms with Crippen molar-refractivity contribution in [2.45, 2.75) is 76.0 Å². The Kier molecular flexibility index (Phi) is 14.4. The molecule has 26 heavy (non-hydrogen) atoms. The monoisotopic (exact) mass is 392 g/mol. The van der Waals surface area contributed by atoms with Crippen LogP contribution in [0.2, 0.25) is 0 Å². The summed E-state index contributed by atoms with van der Waals surface area (Å²) in [4.78, 5) is 11.4. The molecule has 142 valence electrons. The van der Waals surface area contributed by atoms with E-state index in [0.717, 1.165) is 25.3 Å². The molecule has 0 aliphatic heterocycles. The van der Waals surface area contributed by atoms with Crippen molar-refractivity contribution in [2.75, 3.05) is 6.61 Å². The van der Waals surface area contributed by atoms with Crippen LogP contribution in [0.4, 0.5) is 0 Å². The van der Waals surface area contributed by atoms with Crippen molar-refractivity contribution in [3.8, 4) is 0 Å². The van der Waals surface area contributed by atoms with E-state index in [1.54, 1.807) is 0 Å². The van der Waals surface area contributed by atoms with Gasteiger partial charge in [-0.1, -0.05) is 70.8 Å². The Labute approximate surface area is 179 Å². The second kappa shape index (κ2) is 14.6. The van der Waals surface area contributed by atoms with E-state index in [-0.39, 0.29) is 35.1 Å². The molecule has 0 saturated carbocycles. The zero-order valence-corrected chi connectivity index (χ0v) is 18.9. The average Bonchev–Trinajstić information content (AvgIpc) is 2.59. The quantitative estimate of drug-likeness (QED) is 0.221. The largest absolute Gasteiger partial charge is 1.00 e. The van der Waals surface area contributed by atoms with E-state index in [1.807, 2.05) is 0 Å². The molecule has 7 heteroatoms. The third-order valence-electron chi connectivity index (χ3n) is 4.09. The SMILES string of the molecule is CCCCCCCCCCCCOC(=O)c1cccc(S(=O)(=O)[O-])c1.[Na+]. The van der Waals surface area contributed by atoms with Gasteiger partial charge in [0.25, 0.3) is 0 Å². The van der Waals surface area contributed by atoms with E-state index < -0.39 is 21.0 Å². The van der Waals surface area contributed by atoms with Crippen LogP contribution < -0.4 is 29.6 Å². The molecule has 0 amide bonds. The van der Waals surface area contributed by atoms with Gasteiger partial charge in [0.05, 0.1) is 17.1 Å². The Morgan fingerprint density at radius 1 is 0.962 bits per heavy atom. The normalized spacial score (nSPS) is 11.0. The molecule has 0 aliphatic carbocycles. The number of unbranched alkanes of at least 4 members (excludes halogenated alkanes) is 9. The first kappa shape index (κ1) is 25.6. The van der Waals surface area contributed by atoms with Crippen LogP contribution in [0.3, 0.4) is 0 Å². The van der Waals surface area contributed by atoms with Gasteiger partial charge >= 0.3 is 35.5 Å². The molecule has 1 rings (SSSR count). The van der Waals surface area contributed by atoms with E-state index >= 15 is 0 Å². The third kappa shape index (κ3) is 11.3. The summed E-state index contributed by atoms with van der Waals surface area (Å²) in [5, 5.41) is 0. The average molecular weight is 392 g/mol. The number of esters is 1. The zero-order valence-electron chi connectivity index (χ0n) is 16.0. The van der Waals surface area contributed by atoms with Crippen LogP contribution >= 0.6 is 0 Å². The molecule has 0 radical (unpaired) electrons. The fraction of sp³-hybridized carbons (Fsp3) is 0.632. The van der Waals surface area contributed by atoms with E-state index in [2.05, 4.69) is 6.92 Å². The Bertz CT molecular complexity index is 616.